The molecule has 6 nitrogen and oxygen atoms in total. The highest BCUT2D eigenvalue weighted by atomic mass is 16.5. The van der Waals surface area contributed by atoms with Gasteiger partial charge in [0.1, 0.15) is 5.82 Å². The van der Waals surface area contributed by atoms with E-state index in [0.717, 1.165) is 35.5 Å². The van der Waals surface area contributed by atoms with E-state index in [0.29, 0.717) is 11.3 Å². The summed E-state index contributed by atoms with van der Waals surface area (Å²) in [4.78, 5) is 22.9. The molecule has 2 N–H and O–H groups in total. The third kappa shape index (κ3) is 3.47. The third-order valence-electron chi connectivity index (χ3n) is 5.34. The van der Waals surface area contributed by atoms with E-state index >= 15 is 0 Å². The number of morpholine rings is 1. The summed E-state index contributed by atoms with van der Waals surface area (Å²) < 4.78 is 5.78. The SMILES string of the molecule is Cc1[nH]c2c(C(=O)Nc3ccc(N4C[C@@H](C)O[C@@H](C)C4)nc3)cccc2c1C. The molecule has 2 aromatic heterocycles. The molecular weight excluding hydrogens is 352 g/mol. The maximum absolute atomic E-state index is 12.8. The van der Waals surface area contributed by atoms with Crippen LogP contribution in [-0.4, -0.2) is 41.2 Å². The minimum absolute atomic E-state index is 0.144. The standard InChI is InChI=1S/C22H26N4O2/c1-13-11-26(12-14(2)28-13)20-9-8-17(10-23-20)25-22(27)19-7-5-6-18-15(3)16(4)24-21(18)19/h5-10,13-14,24H,11-12H2,1-4H3,(H,25,27)/t13-,14+. The van der Waals surface area contributed by atoms with E-state index < -0.39 is 0 Å². The summed E-state index contributed by atoms with van der Waals surface area (Å²) in [6.07, 6.45) is 2.07. The second kappa shape index (κ2) is 7.28. The van der Waals surface area contributed by atoms with Crippen molar-refractivity contribution >= 4 is 28.3 Å². The van der Waals surface area contributed by atoms with Gasteiger partial charge >= 0.3 is 0 Å². The van der Waals surface area contributed by atoms with Crippen LogP contribution in [0.2, 0.25) is 0 Å². The number of ether oxygens (including phenoxy) is 1. The molecule has 3 heterocycles. The number of aryl methyl sites for hydroxylation is 2. The van der Waals surface area contributed by atoms with Crippen molar-refractivity contribution in [2.24, 2.45) is 0 Å². The first-order chi connectivity index (χ1) is 13.4. The van der Waals surface area contributed by atoms with Crippen LogP contribution in [0.1, 0.15) is 35.5 Å². The molecule has 0 saturated carbocycles. The molecule has 1 amide bonds. The molecule has 0 aliphatic carbocycles. The summed E-state index contributed by atoms with van der Waals surface area (Å²) in [7, 11) is 0. The van der Waals surface area contributed by atoms with Gasteiger partial charge in [0.2, 0.25) is 0 Å². The number of carbonyl (C=O) groups excluding carboxylic acids is 1. The molecule has 0 bridgehead atoms. The smallest absolute Gasteiger partial charge is 0.257 e. The number of rotatable bonds is 3. The number of pyridine rings is 1. The zero-order valence-electron chi connectivity index (χ0n) is 16.7. The quantitative estimate of drug-likeness (QED) is 0.721. The average Bonchev–Trinajstić information content (AvgIpc) is 2.96. The summed E-state index contributed by atoms with van der Waals surface area (Å²) in [6.45, 7) is 9.86. The number of amides is 1. The fourth-order valence-electron chi connectivity index (χ4n) is 3.88. The van der Waals surface area contributed by atoms with Gasteiger partial charge in [0.25, 0.3) is 5.91 Å². The van der Waals surface area contributed by atoms with Crippen molar-refractivity contribution in [2.75, 3.05) is 23.3 Å². The highest BCUT2D eigenvalue weighted by molar-refractivity contribution is 6.12. The monoisotopic (exact) mass is 378 g/mol. The number of aromatic nitrogens is 2. The van der Waals surface area contributed by atoms with Crippen molar-refractivity contribution in [1.82, 2.24) is 9.97 Å². The number of aromatic amines is 1. The van der Waals surface area contributed by atoms with Gasteiger partial charge in [-0.05, 0) is 51.5 Å². The van der Waals surface area contributed by atoms with Gasteiger partial charge in [-0.15, -0.1) is 0 Å². The molecule has 6 heteroatoms. The minimum Gasteiger partial charge on any atom is -0.372 e. The second-order valence-electron chi connectivity index (χ2n) is 7.62. The van der Waals surface area contributed by atoms with Crippen LogP contribution in [-0.2, 0) is 4.74 Å². The van der Waals surface area contributed by atoms with Crippen molar-refractivity contribution in [2.45, 2.75) is 39.9 Å². The Morgan fingerprint density at radius 2 is 1.93 bits per heavy atom. The van der Waals surface area contributed by atoms with Crippen molar-refractivity contribution in [3.8, 4) is 0 Å². The Balaban J connectivity index is 1.52. The first-order valence-electron chi connectivity index (χ1n) is 9.68. The summed E-state index contributed by atoms with van der Waals surface area (Å²) in [6, 6.07) is 9.64. The number of nitrogens with one attached hydrogen (secondary N) is 2. The largest absolute Gasteiger partial charge is 0.372 e. The number of para-hydroxylation sites is 1. The predicted molar refractivity (Wildman–Crippen MR) is 112 cm³/mol. The van der Waals surface area contributed by atoms with Crippen molar-refractivity contribution in [3.63, 3.8) is 0 Å². The molecule has 3 aromatic rings. The molecule has 1 aliphatic rings. The van der Waals surface area contributed by atoms with Gasteiger partial charge in [-0.1, -0.05) is 12.1 Å². The molecular formula is C22H26N4O2. The molecule has 1 saturated heterocycles. The number of H-pyrrole nitrogens is 1. The van der Waals surface area contributed by atoms with Gasteiger partial charge in [0, 0.05) is 24.2 Å². The van der Waals surface area contributed by atoms with Gasteiger partial charge in [0.05, 0.1) is 35.2 Å². The average molecular weight is 378 g/mol. The Bertz CT molecular complexity index is 999. The predicted octanol–water partition coefficient (Wildman–Crippen LogP) is 4.05. The normalized spacial score (nSPS) is 19.8. The lowest BCUT2D eigenvalue weighted by Gasteiger charge is -2.36. The molecule has 1 aromatic carbocycles. The Hall–Kier alpha value is -2.86. The highest BCUT2D eigenvalue weighted by Gasteiger charge is 2.23. The van der Waals surface area contributed by atoms with Crippen LogP contribution in [0.15, 0.2) is 36.5 Å². The number of carbonyl (C=O) groups is 1. The van der Waals surface area contributed by atoms with Gasteiger partial charge in [0.15, 0.2) is 0 Å². The fourth-order valence-corrected chi connectivity index (χ4v) is 3.88. The van der Waals surface area contributed by atoms with Crippen LogP contribution in [0.4, 0.5) is 11.5 Å². The molecule has 1 aliphatic heterocycles. The van der Waals surface area contributed by atoms with E-state index in [2.05, 4.69) is 41.0 Å². The van der Waals surface area contributed by atoms with E-state index in [1.165, 1.54) is 5.56 Å². The van der Waals surface area contributed by atoms with Crippen LogP contribution in [0.3, 0.4) is 0 Å². The molecule has 28 heavy (non-hydrogen) atoms. The van der Waals surface area contributed by atoms with E-state index in [9.17, 15) is 4.79 Å². The van der Waals surface area contributed by atoms with Crippen LogP contribution < -0.4 is 10.2 Å². The summed E-state index contributed by atoms with van der Waals surface area (Å²) in [5, 5.41) is 4.04. The second-order valence-corrected chi connectivity index (χ2v) is 7.62. The van der Waals surface area contributed by atoms with E-state index in [4.69, 9.17) is 4.74 Å². The fraction of sp³-hybridized carbons (Fsp3) is 0.364. The van der Waals surface area contributed by atoms with Crippen LogP contribution in [0, 0.1) is 13.8 Å². The Kier molecular flexibility index (Phi) is 4.81. The summed E-state index contributed by atoms with van der Waals surface area (Å²) >= 11 is 0. The van der Waals surface area contributed by atoms with E-state index in [1.807, 2.05) is 37.3 Å². The third-order valence-corrected chi connectivity index (χ3v) is 5.34. The van der Waals surface area contributed by atoms with Gasteiger partial charge < -0.3 is 19.9 Å². The van der Waals surface area contributed by atoms with Gasteiger partial charge in [-0.3, -0.25) is 4.79 Å². The van der Waals surface area contributed by atoms with E-state index in [1.54, 1.807) is 6.20 Å². The zero-order chi connectivity index (χ0) is 19.8. The molecule has 2 atom stereocenters. The van der Waals surface area contributed by atoms with Crippen molar-refractivity contribution in [1.29, 1.82) is 0 Å². The summed E-state index contributed by atoms with van der Waals surface area (Å²) in [5.41, 5.74) is 4.43. The first kappa shape index (κ1) is 18.5. The first-order valence-corrected chi connectivity index (χ1v) is 9.68. The maximum atomic E-state index is 12.8. The Morgan fingerprint density at radius 3 is 2.61 bits per heavy atom. The molecule has 0 spiro atoms. The minimum atomic E-state index is -0.144. The lowest BCUT2D eigenvalue weighted by molar-refractivity contribution is -0.00545. The number of anilines is 2. The number of hydrogen-bond donors (Lipinski definition) is 2. The van der Waals surface area contributed by atoms with Gasteiger partial charge in [-0.2, -0.15) is 0 Å². The topological polar surface area (TPSA) is 70.2 Å². The van der Waals surface area contributed by atoms with Crippen molar-refractivity contribution in [3.05, 3.63) is 53.3 Å². The zero-order valence-corrected chi connectivity index (χ0v) is 16.7. The molecule has 0 radical (unpaired) electrons. The van der Waals surface area contributed by atoms with Crippen molar-refractivity contribution < 1.29 is 9.53 Å². The molecule has 146 valence electrons. The number of benzene rings is 1. The lowest BCUT2D eigenvalue weighted by Crippen LogP contribution is -2.45. The molecule has 0 unspecified atom stereocenters. The number of nitrogens with zero attached hydrogens (tertiary/aromatic N) is 2. The Morgan fingerprint density at radius 1 is 1.18 bits per heavy atom. The van der Waals surface area contributed by atoms with Crippen LogP contribution in [0.25, 0.3) is 10.9 Å². The Labute approximate surface area is 164 Å². The maximum Gasteiger partial charge on any atom is 0.257 e. The highest BCUT2D eigenvalue weighted by Crippen LogP contribution is 2.25. The number of hydrogen-bond acceptors (Lipinski definition) is 4. The van der Waals surface area contributed by atoms with Crippen LogP contribution in [0.5, 0.6) is 0 Å². The lowest BCUT2D eigenvalue weighted by atomic mass is 10.1. The molecule has 4 rings (SSSR count). The summed E-state index contributed by atoms with van der Waals surface area (Å²) in [5.74, 6) is 0.757. The van der Waals surface area contributed by atoms with Crippen LogP contribution >= 0.6 is 0 Å². The van der Waals surface area contributed by atoms with E-state index in [-0.39, 0.29) is 18.1 Å². The number of fused-ring (bicyclic) bond motifs is 1. The van der Waals surface area contributed by atoms with Gasteiger partial charge in [-0.25, -0.2) is 4.98 Å². The molecule has 1 fully saturated rings.